The van der Waals surface area contributed by atoms with Gasteiger partial charge in [0.25, 0.3) is 0 Å². The number of ether oxygens (including phenoxy) is 1. The predicted octanol–water partition coefficient (Wildman–Crippen LogP) is 5.29. The molecule has 1 unspecified atom stereocenters. The van der Waals surface area contributed by atoms with Crippen molar-refractivity contribution in [3.8, 4) is 5.75 Å². The molecule has 2 aromatic rings. The Morgan fingerprint density at radius 1 is 1.00 bits per heavy atom. The molecule has 3 heteroatoms. The SMILES string of the molecule is CCc1ccc(C(Cl)c2ccc(OC)c(F)c2)cc1CC. The highest BCUT2D eigenvalue weighted by atomic mass is 35.5. The number of rotatable bonds is 5. The fourth-order valence-corrected chi connectivity index (χ4v) is 2.78. The van der Waals surface area contributed by atoms with Crippen molar-refractivity contribution in [3.63, 3.8) is 0 Å². The number of methoxy groups -OCH3 is 1. The summed E-state index contributed by atoms with van der Waals surface area (Å²) in [4.78, 5) is 0. The molecule has 0 bridgehead atoms. The van der Waals surface area contributed by atoms with Crippen molar-refractivity contribution < 1.29 is 9.13 Å². The van der Waals surface area contributed by atoms with Crippen LogP contribution >= 0.6 is 11.6 Å². The van der Waals surface area contributed by atoms with Crippen LogP contribution in [0.25, 0.3) is 0 Å². The minimum atomic E-state index is -0.387. The molecule has 0 N–H and O–H groups in total. The molecule has 0 aliphatic carbocycles. The Morgan fingerprint density at radius 2 is 1.62 bits per heavy atom. The molecule has 2 aromatic carbocycles. The van der Waals surface area contributed by atoms with E-state index in [1.165, 1.54) is 24.3 Å². The second-order valence-electron chi connectivity index (χ2n) is 4.99. The zero-order valence-corrected chi connectivity index (χ0v) is 13.4. The lowest BCUT2D eigenvalue weighted by Crippen LogP contribution is -1.99. The van der Waals surface area contributed by atoms with E-state index in [-0.39, 0.29) is 16.9 Å². The normalized spacial score (nSPS) is 12.2. The molecule has 1 atom stereocenters. The fraction of sp³-hybridized carbons (Fsp3) is 0.333. The first-order valence-corrected chi connectivity index (χ1v) is 7.63. The number of aryl methyl sites for hydroxylation is 2. The van der Waals surface area contributed by atoms with Gasteiger partial charge in [0.2, 0.25) is 0 Å². The standard InChI is InChI=1S/C18H20ClFO/c1-4-12-6-7-14(10-13(12)5-2)18(19)15-8-9-17(21-3)16(20)11-15/h6-11,18H,4-5H2,1-3H3. The van der Waals surface area contributed by atoms with E-state index in [2.05, 4.69) is 26.0 Å². The molecule has 0 amide bonds. The fourth-order valence-electron chi connectivity index (χ4n) is 2.51. The first-order chi connectivity index (χ1) is 10.1. The van der Waals surface area contributed by atoms with Crippen LogP contribution in [0.4, 0.5) is 4.39 Å². The molecule has 112 valence electrons. The summed E-state index contributed by atoms with van der Waals surface area (Å²) in [5.41, 5.74) is 4.37. The van der Waals surface area contributed by atoms with Crippen LogP contribution in [0.1, 0.15) is 41.5 Å². The van der Waals surface area contributed by atoms with E-state index in [1.807, 2.05) is 6.07 Å². The minimum absolute atomic E-state index is 0.234. The molecule has 1 nitrogen and oxygen atoms in total. The molecule has 0 spiro atoms. The Kier molecular flexibility index (Phi) is 5.24. The third-order valence-corrected chi connectivity index (χ3v) is 4.26. The van der Waals surface area contributed by atoms with E-state index in [1.54, 1.807) is 12.1 Å². The molecule has 0 radical (unpaired) electrons. The zero-order chi connectivity index (χ0) is 15.4. The van der Waals surface area contributed by atoms with Gasteiger partial charge in [-0.15, -0.1) is 11.6 Å². The van der Waals surface area contributed by atoms with Crippen LogP contribution in [0.5, 0.6) is 5.75 Å². The summed E-state index contributed by atoms with van der Waals surface area (Å²) < 4.78 is 18.7. The van der Waals surface area contributed by atoms with Crippen molar-refractivity contribution in [3.05, 3.63) is 64.5 Å². The van der Waals surface area contributed by atoms with Crippen LogP contribution in [0.15, 0.2) is 36.4 Å². The van der Waals surface area contributed by atoms with Gasteiger partial charge in [0.1, 0.15) is 0 Å². The largest absolute Gasteiger partial charge is 0.494 e. The Hall–Kier alpha value is -1.54. The summed E-state index contributed by atoms with van der Waals surface area (Å²) in [5, 5.41) is -0.360. The van der Waals surface area contributed by atoms with E-state index >= 15 is 0 Å². The Labute approximate surface area is 130 Å². The van der Waals surface area contributed by atoms with Crippen LogP contribution in [-0.4, -0.2) is 7.11 Å². The summed E-state index contributed by atoms with van der Waals surface area (Å²) in [6, 6.07) is 11.1. The summed E-state index contributed by atoms with van der Waals surface area (Å²) in [6.07, 6.45) is 1.98. The summed E-state index contributed by atoms with van der Waals surface area (Å²) in [7, 11) is 1.45. The highest BCUT2D eigenvalue weighted by Crippen LogP contribution is 2.32. The average Bonchev–Trinajstić information content (AvgIpc) is 2.53. The highest BCUT2D eigenvalue weighted by molar-refractivity contribution is 6.22. The quantitative estimate of drug-likeness (QED) is 0.682. The Balaban J connectivity index is 2.35. The van der Waals surface area contributed by atoms with Gasteiger partial charge >= 0.3 is 0 Å². The van der Waals surface area contributed by atoms with Crippen molar-refractivity contribution in [2.75, 3.05) is 7.11 Å². The topological polar surface area (TPSA) is 9.23 Å². The smallest absolute Gasteiger partial charge is 0.165 e. The first kappa shape index (κ1) is 15.8. The number of hydrogen-bond donors (Lipinski definition) is 0. The van der Waals surface area contributed by atoms with Crippen molar-refractivity contribution in [2.24, 2.45) is 0 Å². The van der Waals surface area contributed by atoms with Gasteiger partial charge in [-0.05, 0) is 47.2 Å². The van der Waals surface area contributed by atoms with Crippen molar-refractivity contribution >= 4 is 11.6 Å². The molecule has 0 fully saturated rings. The second-order valence-corrected chi connectivity index (χ2v) is 5.43. The number of hydrogen-bond acceptors (Lipinski definition) is 1. The lowest BCUT2D eigenvalue weighted by molar-refractivity contribution is 0.386. The van der Waals surface area contributed by atoms with E-state index < -0.39 is 0 Å². The molecule has 0 saturated carbocycles. The maximum Gasteiger partial charge on any atom is 0.165 e. The van der Waals surface area contributed by atoms with Crippen LogP contribution in [0, 0.1) is 5.82 Å². The van der Waals surface area contributed by atoms with E-state index in [4.69, 9.17) is 16.3 Å². The van der Waals surface area contributed by atoms with Gasteiger partial charge < -0.3 is 4.74 Å². The van der Waals surface area contributed by atoms with Crippen LogP contribution in [0.3, 0.4) is 0 Å². The molecule has 21 heavy (non-hydrogen) atoms. The van der Waals surface area contributed by atoms with Crippen LogP contribution < -0.4 is 4.74 Å². The number of alkyl halides is 1. The summed E-state index contributed by atoms with van der Waals surface area (Å²) in [5.74, 6) is -0.153. The van der Waals surface area contributed by atoms with Crippen LogP contribution in [-0.2, 0) is 12.8 Å². The maximum atomic E-state index is 13.8. The van der Waals surface area contributed by atoms with Crippen LogP contribution in [0.2, 0.25) is 0 Å². The lowest BCUT2D eigenvalue weighted by Gasteiger charge is -2.15. The molecule has 0 saturated heterocycles. The van der Waals surface area contributed by atoms with Gasteiger partial charge in [-0.3, -0.25) is 0 Å². The summed E-state index contributed by atoms with van der Waals surface area (Å²) >= 11 is 6.52. The van der Waals surface area contributed by atoms with E-state index in [0.717, 1.165) is 24.0 Å². The molecule has 0 aromatic heterocycles. The molecule has 2 rings (SSSR count). The Morgan fingerprint density at radius 3 is 2.19 bits per heavy atom. The van der Waals surface area contributed by atoms with E-state index in [9.17, 15) is 4.39 Å². The molecule has 0 aliphatic rings. The predicted molar refractivity (Wildman–Crippen MR) is 85.8 cm³/mol. The molecule has 0 aliphatic heterocycles. The van der Waals surface area contributed by atoms with Gasteiger partial charge in [-0.25, -0.2) is 4.39 Å². The van der Waals surface area contributed by atoms with Gasteiger partial charge in [0.05, 0.1) is 12.5 Å². The van der Waals surface area contributed by atoms with Gasteiger partial charge in [-0.2, -0.15) is 0 Å². The zero-order valence-electron chi connectivity index (χ0n) is 12.6. The monoisotopic (exact) mass is 306 g/mol. The van der Waals surface area contributed by atoms with Gasteiger partial charge in [0, 0.05) is 0 Å². The first-order valence-electron chi connectivity index (χ1n) is 7.19. The third kappa shape index (κ3) is 3.38. The third-order valence-electron chi connectivity index (χ3n) is 3.75. The maximum absolute atomic E-state index is 13.8. The van der Waals surface area contributed by atoms with Crippen molar-refractivity contribution in [1.29, 1.82) is 0 Å². The average molecular weight is 307 g/mol. The Bertz CT molecular complexity index is 625. The number of benzene rings is 2. The van der Waals surface area contributed by atoms with Crippen molar-refractivity contribution in [1.82, 2.24) is 0 Å². The van der Waals surface area contributed by atoms with Crippen molar-refractivity contribution in [2.45, 2.75) is 32.1 Å². The van der Waals surface area contributed by atoms with E-state index in [0.29, 0.717) is 0 Å². The molecule has 0 heterocycles. The molecular weight excluding hydrogens is 287 g/mol. The van der Waals surface area contributed by atoms with Gasteiger partial charge in [0.15, 0.2) is 11.6 Å². The summed E-state index contributed by atoms with van der Waals surface area (Å²) in [6.45, 7) is 4.28. The minimum Gasteiger partial charge on any atom is -0.494 e. The number of halogens is 2. The lowest BCUT2D eigenvalue weighted by atomic mass is 9.96. The second kappa shape index (κ2) is 6.95. The molecular formula is C18H20ClFO. The highest BCUT2D eigenvalue weighted by Gasteiger charge is 2.14. The van der Waals surface area contributed by atoms with Gasteiger partial charge in [-0.1, -0.05) is 38.1 Å².